The molecule has 0 amide bonds. The highest BCUT2D eigenvalue weighted by molar-refractivity contribution is 5.88. The van der Waals surface area contributed by atoms with Crippen molar-refractivity contribution in [2.45, 2.75) is 237 Å². The van der Waals surface area contributed by atoms with Gasteiger partial charge in [-0.1, -0.05) is 97.1 Å². The van der Waals surface area contributed by atoms with Crippen LogP contribution in [0, 0.1) is 35.5 Å². The molecular weight excluding hydrogens is 1000 g/mol. The number of nitrogens with zero attached hydrogens (tertiary/aromatic N) is 1. The minimum atomic E-state index is -2.46. The number of guanidine groups is 1. The van der Waals surface area contributed by atoms with Crippen LogP contribution in [0.2, 0.25) is 0 Å². The van der Waals surface area contributed by atoms with Gasteiger partial charge in [-0.2, -0.15) is 0 Å². The largest absolute Gasteiger partial charge is 0.461 e. The second kappa shape index (κ2) is 36.0. The molecule has 0 saturated carbocycles. The summed E-state index contributed by atoms with van der Waals surface area (Å²) in [4.78, 5) is 31.0. The van der Waals surface area contributed by atoms with Gasteiger partial charge in [0.1, 0.15) is 24.4 Å². The van der Waals surface area contributed by atoms with E-state index in [-0.39, 0.29) is 69.1 Å². The third kappa shape index (κ3) is 25.1. The van der Waals surface area contributed by atoms with Gasteiger partial charge in [0.25, 0.3) is 0 Å². The third-order valence-corrected chi connectivity index (χ3v) is 15.7. The van der Waals surface area contributed by atoms with E-state index in [1.54, 1.807) is 85.9 Å². The van der Waals surface area contributed by atoms with Gasteiger partial charge in [-0.25, -0.2) is 4.79 Å². The standard InChI is InChI=1S/C59H104N4O15/c1-35(2)53(60)57(74)76-45-29-43(64)28-44(65)30-48(67)36(3)21-18-23-40(7)54(39(6)20-16-14-12-13-15-17-27-63-58(61-10)62-11)77-56(73)41(8)24-19-22-37(4)49(68)33-50(69)42(9)47(66)26-25-38(5)52(71)34-59(75)55(72)51(70)32-46(31-45)78-59/h12-13,18-19,21-24,35,37-40,42-55,64-72,75H,14-17,20,25-34,60H2,1-11H3,(H2,61,62,63)/b13-12+,22-19+,23-18-,36-21+,41-24-/t37-,38-,39-,40+,42-,43-,44+,45+,46+,47+,48-,49-,50-,51+,52-,53?,54+,55-,59-/m0/s1. The summed E-state index contributed by atoms with van der Waals surface area (Å²) in [5, 5.41) is 118. The monoisotopic (exact) mass is 1110 g/mol. The normalized spacial score (nSPS) is 37.8. The van der Waals surface area contributed by atoms with Crippen molar-refractivity contribution in [3.8, 4) is 0 Å². The maximum atomic E-state index is 13.7. The molecule has 0 aromatic rings. The Morgan fingerprint density at radius 2 is 1.44 bits per heavy atom. The summed E-state index contributed by atoms with van der Waals surface area (Å²) in [6.07, 6.45) is 3.86. The Kier molecular flexibility index (Phi) is 32.6. The van der Waals surface area contributed by atoms with Gasteiger partial charge in [0.2, 0.25) is 0 Å². The number of cyclic esters (lactones) is 1. The molecule has 450 valence electrons. The van der Waals surface area contributed by atoms with E-state index in [4.69, 9.17) is 19.9 Å². The number of fused-ring (bicyclic) bond motifs is 2. The van der Waals surface area contributed by atoms with Gasteiger partial charge in [-0.3, -0.25) is 9.79 Å². The summed E-state index contributed by atoms with van der Waals surface area (Å²) < 4.78 is 18.0. The average molecular weight is 1110 g/mol. The molecule has 0 aliphatic carbocycles. The van der Waals surface area contributed by atoms with E-state index in [1.807, 2.05) is 20.0 Å². The quantitative estimate of drug-likeness (QED) is 0.0429. The van der Waals surface area contributed by atoms with E-state index < -0.39 is 121 Å². The summed E-state index contributed by atoms with van der Waals surface area (Å²) in [5.74, 6) is -5.29. The number of ether oxygens (including phenoxy) is 3. The van der Waals surface area contributed by atoms with Crippen LogP contribution >= 0.6 is 0 Å². The Bertz CT molecular complexity index is 1930. The minimum absolute atomic E-state index is 0.0395. The van der Waals surface area contributed by atoms with Gasteiger partial charge in [0, 0.05) is 82.5 Å². The van der Waals surface area contributed by atoms with Crippen molar-refractivity contribution in [2.75, 3.05) is 20.6 Å². The number of allylic oxidation sites excluding steroid dienone is 6. The lowest BCUT2D eigenvalue weighted by Crippen LogP contribution is -2.60. The Hall–Kier alpha value is -3.57. The highest BCUT2D eigenvalue weighted by Crippen LogP contribution is 2.36. The van der Waals surface area contributed by atoms with E-state index in [0.717, 1.165) is 44.6 Å². The number of nitrogens with two attached hydrogens (primary N) is 1. The van der Waals surface area contributed by atoms with Crippen LogP contribution in [0.3, 0.4) is 0 Å². The summed E-state index contributed by atoms with van der Waals surface area (Å²) in [5.41, 5.74) is 6.98. The fourth-order valence-corrected chi connectivity index (χ4v) is 9.79. The number of hydrogen-bond acceptors (Lipinski definition) is 17. The number of esters is 2. The molecule has 2 bridgehead atoms. The minimum Gasteiger partial charge on any atom is -0.461 e. The molecule has 1 saturated heterocycles. The highest BCUT2D eigenvalue weighted by atomic mass is 16.7. The molecule has 19 heteroatoms. The van der Waals surface area contributed by atoms with Crippen LogP contribution < -0.4 is 16.4 Å². The van der Waals surface area contributed by atoms with Crippen molar-refractivity contribution in [2.24, 2.45) is 46.2 Å². The SMILES string of the molecule is CN=C(NC)NCCC/C=C/CCC[C@H](C)[C@H]1OC(=O)/C(C)=C\C=C\[C@H](C)[C@@H](O)C[C@H](O)[C@@H](C)[C@H](O)CC[C@H](C)[C@@H](O)C[C@]2(O)O[C@H](C[C@H](OC(=O)C(N)C(C)C)C[C@@H](O)C[C@@H](O)C[C@H](O)/C(C)=C/C=C\[C@H]1C)C[C@@H](O)[C@@H]2O. The first-order valence-corrected chi connectivity index (χ1v) is 28.6. The number of carbonyl (C=O) groups is 2. The van der Waals surface area contributed by atoms with Crippen LogP contribution in [0.5, 0.6) is 0 Å². The third-order valence-electron chi connectivity index (χ3n) is 15.7. The van der Waals surface area contributed by atoms with Crippen LogP contribution in [0.1, 0.15) is 152 Å². The van der Waals surface area contributed by atoms with Crippen LogP contribution in [-0.2, 0) is 23.8 Å². The Morgan fingerprint density at radius 3 is 2.08 bits per heavy atom. The molecule has 2 rings (SSSR count). The molecule has 14 N–H and O–H groups in total. The molecule has 2 aliphatic rings. The van der Waals surface area contributed by atoms with Crippen molar-refractivity contribution in [1.82, 2.24) is 10.6 Å². The molecule has 78 heavy (non-hydrogen) atoms. The molecule has 2 heterocycles. The maximum absolute atomic E-state index is 13.7. The fraction of sp³-hybridized carbons (Fsp3) is 0.780. The smallest absolute Gasteiger partial charge is 0.334 e. The number of nitrogens with one attached hydrogen (secondary N) is 2. The number of aliphatic hydroxyl groups excluding tert-OH is 9. The first kappa shape index (κ1) is 70.5. The number of aliphatic hydroxyl groups is 10. The molecule has 19 atom stereocenters. The van der Waals surface area contributed by atoms with Crippen LogP contribution in [0.15, 0.2) is 64.7 Å². The predicted octanol–water partition coefficient (Wildman–Crippen LogP) is 4.14. The summed E-state index contributed by atoms with van der Waals surface area (Å²) in [7, 11) is 3.54. The van der Waals surface area contributed by atoms with E-state index >= 15 is 0 Å². The zero-order chi connectivity index (χ0) is 58.9. The zero-order valence-corrected chi connectivity index (χ0v) is 48.7. The van der Waals surface area contributed by atoms with Gasteiger partial charge >= 0.3 is 11.9 Å². The molecule has 1 unspecified atom stereocenters. The molecular formula is C59H104N4O15. The van der Waals surface area contributed by atoms with Gasteiger partial charge in [0.15, 0.2) is 11.7 Å². The summed E-state index contributed by atoms with van der Waals surface area (Å²) >= 11 is 0. The Morgan fingerprint density at radius 1 is 0.808 bits per heavy atom. The van der Waals surface area contributed by atoms with Crippen LogP contribution in [0.4, 0.5) is 0 Å². The van der Waals surface area contributed by atoms with Gasteiger partial charge in [-0.05, 0) is 88.5 Å². The number of hydrogen-bond donors (Lipinski definition) is 13. The van der Waals surface area contributed by atoms with Crippen LogP contribution in [0.25, 0.3) is 0 Å². The van der Waals surface area contributed by atoms with E-state index in [2.05, 4.69) is 34.7 Å². The van der Waals surface area contributed by atoms with Crippen LogP contribution in [-0.4, -0.2) is 175 Å². The van der Waals surface area contributed by atoms with Crippen molar-refractivity contribution in [3.05, 3.63) is 59.8 Å². The molecule has 0 spiro atoms. The first-order chi connectivity index (χ1) is 36.6. The first-order valence-electron chi connectivity index (χ1n) is 28.6. The number of unbranched alkanes of at least 4 members (excludes halogenated alkanes) is 2. The highest BCUT2D eigenvalue weighted by Gasteiger charge is 2.50. The Labute approximate surface area is 465 Å². The topological polar surface area (TPSA) is 327 Å². The second-order valence-electron chi connectivity index (χ2n) is 22.9. The zero-order valence-electron chi connectivity index (χ0n) is 48.7. The van der Waals surface area contributed by atoms with Gasteiger partial charge in [-0.15, -0.1) is 0 Å². The number of aliphatic imine (C=N–C) groups is 1. The lowest BCUT2D eigenvalue weighted by Gasteiger charge is -2.45. The van der Waals surface area contributed by atoms with E-state index in [0.29, 0.717) is 11.1 Å². The van der Waals surface area contributed by atoms with Gasteiger partial charge in [0.05, 0.1) is 54.9 Å². The summed E-state index contributed by atoms with van der Waals surface area (Å²) in [6, 6.07) is -1.02. The molecule has 1 fully saturated rings. The Balaban J connectivity index is 2.45. The van der Waals surface area contributed by atoms with E-state index in [9.17, 15) is 60.7 Å². The van der Waals surface area contributed by atoms with Crippen molar-refractivity contribution in [3.63, 3.8) is 0 Å². The lowest BCUT2D eigenvalue weighted by molar-refractivity contribution is -0.333. The van der Waals surface area contributed by atoms with E-state index in [1.165, 1.54) is 0 Å². The lowest BCUT2D eigenvalue weighted by atomic mass is 9.84. The second-order valence-corrected chi connectivity index (χ2v) is 22.9. The van der Waals surface area contributed by atoms with Crippen molar-refractivity contribution in [1.29, 1.82) is 0 Å². The average Bonchev–Trinajstić information content (AvgIpc) is 3.40. The number of carbonyl (C=O) groups excluding carboxylic acids is 2. The van der Waals surface area contributed by atoms with Crippen molar-refractivity contribution < 1.29 is 74.9 Å². The molecule has 19 nitrogen and oxygen atoms in total. The molecule has 0 aromatic heterocycles. The van der Waals surface area contributed by atoms with Crippen molar-refractivity contribution >= 4 is 17.9 Å². The fourth-order valence-electron chi connectivity index (χ4n) is 9.79. The molecule has 0 aromatic carbocycles. The summed E-state index contributed by atoms with van der Waals surface area (Å²) in [6.45, 7) is 16.7. The molecule has 2 aliphatic heterocycles. The van der Waals surface area contributed by atoms with Gasteiger partial charge < -0.3 is 81.6 Å². The molecule has 0 radical (unpaired) electrons. The predicted molar refractivity (Wildman–Crippen MR) is 302 cm³/mol. The number of rotatable bonds is 12. The maximum Gasteiger partial charge on any atom is 0.334 e.